The Morgan fingerprint density at radius 1 is 1.22 bits per heavy atom. The second kappa shape index (κ2) is 10.3. The Morgan fingerprint density at radius 3 is 2.84 bits per heavy atom. The third-order valence-corrected chi connectivity index (χ3v) is 5.76. The molecular formula is C24H28N4O4. The molecular weight excluding hydrogens is 408 g/mol. The summed E-state index contributed by atoms with van der Waals surface area (Å²) in [5.41, 5.74) is 2.88. The lowest BCUT2D eigenvalue weighted by molar-refractivity contribution is 0.0913. The smallest absolute Gasteiger partial charge is 0.290 e. The molecule has 1 saturated heterocycles. The summed E-state index contributed by atoms with van der Waals surface area (Å²) in [6, 6.07) is 11.4. The maximum atomic E-state index is 12.5. The van der Waals surface area contributed by atoms with E-state index in [1.54, 1.807) is 32.7 Å². The molecule has 0 unspecified atom stereocenters. The van der Waals surface area contributed by atoms with Crippen molar-refractivity contribution < 1.29 is 18.8 Å². The number of nitrogens with one attached hydrogen (secondary N) is 1. The predicted octanol–water partition coefficient (Wildman–Crippen LogP) is 3.40. The summed E-state index contributed by atoms with van der Waals surface area (Å²) >= 11 is 0. The van der Waals surface area contributed by atoms with Crippen LogP contribution in [0, 0.1) is 0 Å². The lowest BCUT2D eigenvalue weighted by Crippen LogP contribution is -2.34. The van der Waals surface area contributed by atoms with Crippen LogP contribution in [0.5, 0.6) is 11.5 Å². The molecule has 1 N–H and O–H groups in total. The van der Waals surface area contributed by atoms with Crippen molar-refractivity contribution in [2.75, 3.05) is 27.3 Å². The minimum absolute atomic E-state index is 0.214. The van der Waals surface area contributed by atoms with E-state index in [0.29, 0.717) is 6.54 Å². The summed E-state index contributed by atoms with van der Waals surface area (Å²) < 4.78 is 16.4. The number of nitrogens with zero attached hydrogens (tertiary/aromatic N) is 3. The molecule has 168 valence electrons. The summed E-state index contributed by atoms with van der Waals surface area (Å²) in [6.07, 6.45) is 5.46. The fourth-order valence-electron chi connectivity index (χ4n) is 4.12. The van der Waals surface area contributed by atoms with Crippen LogP contribution in [0.25, 0.3) is 0 Å². The fraction of sp³-hybridized carbons (Fsp3) is 0.375. The Bertz CT molecular complexity index is 1040. The SMILES string of the molecule is COc1cccc(CN2CCC[C@@H](c3cc(C(=O)NCc4ccncc4)on3)C2)c1OC. The molecule has 0 bridgehead atoms. The van der Waals surface area contributed by atoms with Crippen molar-refractivity contribution in [2.24, 2.45) is 0 Å². The monoisotopic (exact) mass is 436 g/mol. The summed E-state index contributed by atoms with van der Waals surface area (Å²) in [5.74, 6) is 1.69. The van der Waals surface area contributed by atoms with E-state index >= 15 is 0 Å². The summed E-state index contributed by atoms with van der Waals surface area (Å²) in [5, 5.41) is 7.06. The largest absolute Gasteiger partial charge is 0.493 e. The average Bonchev–Trinajstić information content (AvgIpc) is 3.34. The Morgan fingerprint density at radius 2 is 2.06 bits per heavy atom. The van der Waals surface area contributed by atoms with E-state index in [4.69, 9.17) is 14.0 Å². The number of hydrogen-bond acceptors (Lipinski definition) is 7. The highest BCUT2D eigenvalue weighted by Crippen LogP contribution is 2.33. The van der Waals surface area contributed by atoms with Gasteiger partial charge < -0.3 is 19.3 Å². The zero-order chi connectivity index (χ0) is 22.3. The van der Waals surface area contributed by atoms with Crippen molar-refractivity contribution in [1.82, 2.24) is 20.4 Å². The Hall–Kier alpha value is -3.39. The minimum atomic E-state index is -0.269. The molecule has 0 saturated carbocycles. The maximum absolute atomic E-state index is 12.5. The van der Waals surface area contributed by atoms with Crippen LogP contribution < -0.4 is 14.8 Å². The van der Waals surface area contributed by atoms with Gasteiger partial charge in [-0.2, -0.15) is 0 Å². The van der Waals surface area contributed by atoms with Crippen molar-refractivity contribution >= 4 is 5.91 Å². The molecule has 1 amide bonds. The van der Waals surface area contributed by atoms with Gasteiger partial charge in [0.1, 0.15) is 0 Å². The number of para-hydroxylation sites is 1. The molecule has 1 aromatic carbocycles. The molecule has 0 spiro atoms. The topological polar surface area (TPSA) is 89.7 Å². The molecule has 1 aliphatic rings. The van der Waals surface area contributed by atoms with Crippen LogP contribution in [0.2, 0.25) is 0 Å². The quantitative estimate of drug-likeness (QED) is 0.579. The molecule has 8 heteroatoms. The van der Waals surface area contributed by atoms with E-state index < -0.39 is 0 Å². The zero-order valence-electron chi connectivity index (χ0n) is 18.4. The highest BCUT2D eigenvalue weighted by Gasteiger charge is 2.26. The number of piperidine rings is 1. The number of ether oxygens (including phenoxy) is 2. The fourth-order valence-corrected chi connectivity index (χ4v) is 4.12. The predicted molar refractivity (Wildman–Crippen MR) is 119 cm³/mol. The van der Waals surface area contributed by atoms with Gasteiger partial charge in [0.15, 0.2) is 11.5 Å². The van der Waals surface area contributed by atoms with Gasteiger partial charge in [-0.25, -0.2) is 0 Å². The number of methoxy groups -OCH3 is 2. The Balaban J connectivity index is 1.38. The van der Waals surface area contributed by atoms with Gasteiger partial charge in [0, 0.05) is 49.6 Å². The number of hydrogen-bond donors (Lipinski definition) is 1. The molecule has 3 heterocycles. The summed E-state index contributed by atoms with van der Waals surface area (Å²) in [7, 11) is 3.31. The zero-order valence-corrected chi connectivity index (χ0v) is 18.4. The van der Waals surface area contributed by atoms with Gasteiger partial charge >= 0.3 is 0 Å². The summed E-state index contributed by atoms with van der Waals surface area (Å²) in [4.78, 5) is 18.8. The lowest BCUT2D eigenvalue weighted by Gasteiger charge is -2.32. The molecule has 2 aromatic heterocycles. The highest BCUT2D eigenvalue weighted by atomic mass is 16.5. The molecule has 0 radical (unpaired) electrons. The van der Waals surface area contributed by atoms with E-state index in [1.165, 1.54) is 0 Å². The van der Waals surface area contributed by atoms with Crippen LogP contribution in [0.4, 0.5) is 0 Å². The third-order valence-electron chi connectivity index (χ3n) is 5.76. The van der Waals surface area contributed by atoms with Crippen molar-refractivity contribution in [2.45, 2.75) is 31.8 Å². The van der Waals surface area contributed by atoms with Gasteiger partial charge in [-0.15, -0.1) is 0 Å². The molecule has 0 aliphatic carbocycles. The molecule has 1 fully saturated rings. The normalized spacial score (nSPS) is 16.5. The number of amides is 1. The number of aromatic nitrogens is 2. The average molecular weight is 437 g/mol. The maximum Gasteiger partial charge on any atom is 0.290 e. The van der Waals surface area contributed by atoms with E-state index in [9.17, 15) is 4.79 Å². The summed E-state index contributed by atoms with van der Waals surface area (Å²) in [6.45, 7) is 3.00. The number of likely N-dealkylation sites (tertiary alicyclic amines) is 1. The first kappa shape index (κ1) is 21.8. The Kier molecular flexibility index (Phi) is 7.01. The van der Waals surface area contributed by atoms with Gasteiger partial charge in [0.05, 0.1) is 19.9 Å². The number of benzene rings is 1. The van der Waals surface area contributed by atoms with Crippen LogP contribution in [-0.2, 0) is 13.1 Å². The van der Waals surface area contributed by atoms with Gasteiger partial charge in [-0.1, -0.05) is 17.3 Å². The first-order valence-corrected chi connectivity index (χ1v) is 10.7. The lowest BCUT2D eigenvalue weighted by atomic mass is 9.94. The van der Waals surface area contributed by atoms with Gasteiger partial charge in [0.2, 0.25) is 5.76 Å². The van der Waals surface area contributed by atoms with E-state index in [2.05, 4.69) is 26.4 Å². The standard InChI is InChI=1S/C24H28N4O4/c1-30-21-7-3-5-19(23(21)31-2)16-28-12-4-6-18(15-28)20-13-22(32-27-20)24(29)26-14-17-8-10-25-11-9-17/h3,5,7-11,13,18H,4,6,12,14-16H2,1-2H3,(H,26,29)/t18-/m1/s1. The molecule has 3 aromatic rings. The van der Waals surface area contributed by atoms with Crippen LogP contribution in [-0.4, -0.2) is 48.3 Å². The molecule has 1 atom stereocenters. The van der Waals surface area contributed by atoms with Crippen molar-refractivity contribution in [3.63, 3.8) is 0 Å². The van der Waals surface area contributed by atoms with E-state index in [-0.39, 0.29) is 17.6 Å². The molecule has 1 aliphatic heterocycles. The number of carbonyl (C=O) groups excluding carboxylic acids is 1. The van der Waals surface area contributed by atoms with E-state index in [0.717, 1.165) is 60.8 Å². The van der Waals surface area contributed by atoms with Crippen molar-refractivity contribution in [1.29, 1.82) is 0 Å². The van der Waals surface area contributed by atoms with Crippen LogP contribution in [0.15, 0.2) is 53.3 Å². The highest BCUT2D eigenvalue weighted by molar-refractivity contribution is 5.91. The van der Waals surface area contributed by atoms with Gasteiger partial charge in [-0.05, 0) is 43.1 Å². The second-order valence-corrected chi connectivity index (χ2v) is 7.88. The first-order valence-electron chi connectivity index (χ1n) is 10.7. The Labute approximate surface area is 187 Å². The van der Waals surface area contributed by atoms with Crippen molar-refractivity contribution in [3.05, 3.63) is 71.4 Å². The minimum Gasteiger partial charge on any atom is -0.493 e. The van der Waals surface area contributed by atoms with Crippen molar-refractivity contribution in [3.8, 4) is 11.5 Å². The van der Waals surface area contributed by atoms with Crippen LogP contribution in [0.1, 0.15) is 46.1 Å². The number of rotatable bonds is 8. The number of pyridine rings is 1. The number of carbonyl (C=O) groups is 1. The van der Waals surface area contributed by atoms with Gasteiger partial charge in [-0.3, -0.25) is 14.7 Å². The molecule has 4 rings (SSSR count). The van der Waals surface area contributed by atoms with Crippen LogP contribution >= 0.6 is 0 Å². The van der Waals surface area contributed by atoms with Gasteiger partial charge in [0.25, 0.3) is 5.91 Å². The second-order valence-electron chi connectivity index (χ2n) is 7.88. The van der Waals surface area contributed by atoms with E-state index in [1.807, 2.05) is 24.3 Å². The third kappa shape index (κ3) is 5.08. The van der Waals surface area contributed by atoms with Crippen LogP contribution in [0.3, 0.4) is 0 Å². The first-order chi connectivity index (χ1) is 15.7. The molecule has 32 heavy (non-hydrogen) atoms. The molecule has 8 nitrogen and oxygen atoms in total.